The zero-order valence-electron chi connectivity index (χ0n) is 12.9. The fourth-order valence-electron chi connectivity index (χ4n) is 3.58. The Labute approximate surface area is 135 Å². The fraction of sp³-hybridized carbons (Fsp3) is 0.471. The fourth-order valence-corrected chi connectivity index (χ4v) is 5.30. The van der Waals surface area contributed by atoms with Crippen LogP contribution in [0.5, 0.6) is 0 Å². The van der Waals surface area contributed by atoms with Crippen molar-refractivity contribution in [3.05, 3.63) is 36.0 Å². The van der Waals surface area contributed by atoms with Gasteiger partial charge in [0.2, 0.25) is 5.91 Å². The van der Waals surface area contributed by atoms with E-state index in [1.54, 1.807) is 0 Å². The lowest BCUT2D eigenvalue weighted by molar-refractivity contribution is -0.132. The van der Waals surface area contributed by atoms with Crippen molar-refractivity contribution in [2.75, 3.05) is 11.5 Å². The van der Waals surface area contributed by atoms with Crippen LogP contribution in [0, 0.1) is 0 Å². The molecule has 5 nitrogen and oxygen atoms in total. The Balaban J connectivity index is 1.56. The molecule has 6 heteroatoms. The van der Waals surface area contributed by atoms with E-state index < -0.39 is 9.84 Å². The van der Waals surface area contributed by atoms with Crippen molar-refractivity contribution in [3.63, 3.8) is 0 Å². The van der Waals surface area contributed by atoms with E-state index in [4.69, 9.17) is 0 Å². The predicted molar refractivity (Wildman–Crippen MR) is 88.9 cm³/mol. The van der Waals surface area contributed by atoms with E-state index in [9.17, 15) is 13.2 Å². The standard InChI is InChI=1S/C17H20N2O3S/c20-17(9-12-10-18-16-4-2-1-3-15(12)16)19(13-5-6-13)14-7-8-23(21,22)11-14/h1-4,10,13-14,18H,5-9,11H2. The molecule has 1 N–H and O–H groups in total. The van der Waals surface area contributed by atoms with Gasteiger partial charge in [-0.05, 0) is 30.9 Å². The van der Waals surface area contributed by atoms with Gasteiger partial charge < -0.3 is 9.88 Å². The zero-order chi connectivity index (χ0) is 16.0. The monoisotopic (exact) mass is 332 g/mol. The topological polar surface area (TPSA) is 70.2 Å². The van der Waals surface area contributed by atoms with Crippen molar-refractivity contribution in [1.29, 1.82) is 0 Å². The van der Waals surface area contributed by atoms with Crippen molar-refractivity contribution in [2.24, 2.45) is 0 Å². The summed E-state index contributed by atoms with van der Waals surface area (Å²) in [6.07, 6.45) is 4.79. The number of carbonyl (C=O) groups excluding carboxylic acids is 1. The molecule has 2 aliphatic rings. The second kappa shape index (κ2) is 5.37. The molecular weight excluding hydrogens is 312 g/mol. The van der Waals surface area contributed by atoms with Crippen LogP contribution in [0.1, 0.15) is 24.8 Å². The Morgan fingerprint density at radius 3 is 2.65 bits per heavy atom. The summed E-state index contributed by atoms with van der Waals surface area (Å²) in [7, 11) is -2.98. The Morgan fingerprint density at radius 1 is 1.17 bits per heavy atom. The maximum absolute atomic E-state index is 12.9. The Morgan fingerprint density at radius 2 is 1.96 bits per heavy atom. The molecule has 1 aliphatic carbocycles. The summed E-state index contributed by atoms with van der Waals surface area (Å²) in [4.78, 5) is 17.9. The van der Waals surface area contributed by atoms with Crippen LogP contribution in [0.4, 0.5) is 0 Å². The maximum Gasteiger partial charge on any atom is 0.227 e. The van der Waals surface area contributed by atoms with E-state index in [1.807, 2.05) is 35.4 Å². The molecule has 2 aromatic rings. The number of sulfone groups is 1. The van der Waals surface area contributed by atoms with Crippen LogP contribution in [-0.2, 0) is 21.1 Å². The molecule has 0 radical (unpaired) electrons. The van der Waals surface area contributed by atoms with Crippen LogP contribution >= 0.6 is 0 Å². The molecule has 122 valence electrons. The maximum atomic E-state index is 12.9. The quantitative estimate of drug-likeness (QED) is 0.929. The first-order chi connectivity index (χ1) is 11.0. The summed E-state index contributed by atoms with van der Waals surface area (Å²) < 4.78 is 23.5. The molecule has 2 fully saturated rings. The van der Waals surface area contributed by atoms with Crippen LogP contribution in [0.2, 0.25) is 0 Å². The van der Waals surface area contributed by atoms with Gasteiger partial charge in [-0.2, -0.15) is 0 Å². The second-order valence-corrected chi connectivity index (χ2v) is 8.85. The predicted octanol–water partition coefficient (Wildman–Crippen LogP) is 1.89. The number of nitrogens with zero attached hydrogens (tertiary/aromatic N) is 1. The third-order valence-corrected chi connectivity index (χ3v) is 6.60. The minimum Gasteiger partial charge on any atom is -0.361 e. The van der Waals surface area contributed by atoms with Gasteiger partial charge in [0.1, 0.15) is 0 Å². The van der Waals surface area contributed by atoms with E-state index in [0.717, 1.165) is 29.3 Å². The minimum atomic E-state index is -2.98. The van der Waals surface area contributed by atoms with Gasteiger partial charge in [-0.1, -0.05) is 18.2 Å². The lowest BCUT2D eigenvalue weighted by atomic mass is 10.1. The van der Waals surface area contributed by atoms with Gasteiger partial charge in [-0.3, -0.25) is 4.79 Å². The number of fused-ring (bicyclic) bond motifs is 1. The number of aromatic amines is 1. The van der Waals surface area contributed by atoms with Crippen molar-refractivity contribution < 1.29 is 13.2 Å². The molecule has 1 amide bonds. The van der Waals surface area contributed by atoms with Gasteiger partial charge >= 0.3 is 0 Å². The number of hydrogen-bond acceptors (Lipinski definition) is 3. The van der Waals surface area contributed by atoms with Gasteiger partial charge in [0.05, 0.1) is 17.9 Å². The Kier molecular flexibility index (Phi) is 3.44. The van der Waals surface area contributed by atoms with Crippen LogP contribution in [0.3, 0.4) is 0 Å². The number of carbonyl (C=O) groups is 1. The van der Waals surface area contributed by atoms with E-state index >= 15 is 0 Å². The first-order valence-electron chi connectivity index (χ1n) is 8.10. The zero-order valence-corrected chi connectivity index (χ0v) is 13.7. The highest BCUT2D eigenvalue weighted by atomic mass is 32.2. The van der Waals surface area contributed by atoms with Gasteiger partial charge in [-0.25, -0.2) is 8.42 Å². The molecule has 1 aliphatic heterocycles. The van der Waals surface area contributed by atoms with Crippen LogP contribution in [0.25, 0.3) is 10.9 Å². The highest BCUT2D eigenvalue weighted by Crippen LogP contribution is 2.33. The molecule has 1 saturated carbocycles. The number of hydrogen-bond donors (Lipinski definition) is 1. The largest absolute Gasteiger partial charge is 0.361 e. The molecule has 23 heavy (non-hydrogen) atoms. The highest BCUT2D eigenvalue weighted by molar-refractivity contribution is 7.91. The number of benzene rings is 1. The molecule has 1 saturated heterocycles. The molecule has 1 aromatic carbocycles. The van der Waals surface area contributed by atoms with Crippen molar-refractivity contribution >= 4 is 26.6 Å². The van der Waals surface area contributed by atoms with Gasteiger partial charge in [-0.15, -0.1) is 0 Å². The Bertz CT molecular complexity index is 852. The number of H-pyrrole nitrogens is 1. The van der Waals surface area contributed by atoms with E-state index in [2.05, 4.69) is 4.98 Å². The third-order valence-electron chi connectivity index (χ3n) is 4.85. The number of para-hydroxylation sites is 1. The first kappa shape index (κ1) is 14.8. The normalized spacial score (nSPS) is 23.2. The van der Waals surface area contributed by atoms with Gasteiger partial charge in [0, 0.05) is 29.2 Å². The van der Waals surface area contributed by atoms with Gasteiger partial charge in [0.25, 0.3) is 0 Å². The van der Waals surface area contributed by atoms with Crippen LogP contribution in [-0.4, -0.2) is 47.8 Å². The average Bonchev–Trinajstić information content (AvgIpc) is 3.16. The van der Waals surface area contributed by atoms with Crippen molar-refractivity contribution in [1.82, 2.24) is 9.88 Å². The summed E-state index contributed by atoms with van der Waals surface area (Å²) in [5.41, 5.74) is 2.01. The molecule has 0 spiro atoms. The van der Waals surface area contributed by atoms with Crippen LogP contribution in [0.15, 0.2) is 30.5 Å². The first-order valence-corrected chi connectivity index (χ1v) is 9.92. The van der Waals surface area contributed by atoms with Crippen molar-refractivity contribution in [3.8, 4) is 0 Å². The second-order valence-electron chi connectivity index (χ2n) is 6.63. The minimum absolute atomic E-state index is 0.0550. The van der Waals surface area contributed by atoms with E-state index in [0.29, 0.717) is 12.8 Å². The molecule has 2 heterocycles. The van der Waals surface area contributed by atoms with E-state index in [1.165, 1.54) is 0 Å². The smallest absolute Gasteiger partial charge is 0.227 e. The number of rotatable bonds is 4. The average molecular weight is 332 g/mol. The highest BCUT2D eigenvalue weighted by Gasteiger charge is 2.41. The summed E-state index contributed by atoms with van der Waals surface area (Å²) in [5.74, 6) is 0.393. The number of aromatic nitrogens is 1. The molecule has 1 aromatic heterocycles. The molecule has 0 bridgehead atoms. The van der Waals surface area contributed by atoms with E-state index in [-0.39, 0.29) is 29.5 Å². The lowest BCUT2D eigenvalue weighted by Crippen LogP contribution is -2.43. The Hall–Kier alpha value is -1.82. The molecule has 4 rings (SSSR count). The molecular formula is C17H20N2O3S. The number of amides is 1. The summed E-state index contributed by atoms with van der Waals surface area (Å²) in [6.45, 7) is 0. The van der Waals surface area contributed by atoms with Crippen LogP contribution < -0.4 is 0 Å². The summed E-state index contributed by atoms with van der Waals surface area (Å²) >= 11 is 0. The van der Waals surface area contributed by atoms with Gasteiger partial charge in [0.15, 0.2) is 9.84 Å². The SMILES string of the molecule is O=C(Cc1c[nH]c2ccccc12)N(C1CC1)C1CCS(=O)(=O)C1. The molecule has 1 unspecified atom stereocenters. The third kappa shape index (κ3) is 2.87. The summed E-state index contributed by atoms with van der Waals surface area (Å²) in [5, 5.41) is 1.07. The number of nitrogens with one attached hydrogen (secondary N) is 1. The summed E-state index contributed by atoms with van der Waals surface area (Å²) in [6, 6.07) is 8.04. The molecule has 1 atom stereocenters. The lowest BCUT2D eigenvalue weighted by Gasteiger charge is -2.28. The van der Waals surface area contributed by atoms with Crippen molar-refractivity contribution in [2.45, 2.75) is 37.8 Å².